The van der Waals surface area contributed by atoms with Gasteiger partial charge in [0, 0.05) is 11.6 Å². The van der Waals surface area contributed by atoms with E-state index >= 15 is 0 Å². The fourth-order valence-electron chi connectivity index (χ4n) is 1.96. The van der Waals surface area contributed by atoms with E-state index in [-0.39, 0.29) is 6.04 Å². The Morgan fingerprint density at radius 3 is 3.00 bits per heavy atom. The number of hydrogen-bond donors (Lipinski definition) is 1. The molecule has 0 saturated heterocycles. The lowest BCUT2D eigenvalue weighted by Crippen LogP contribution is -2.18. The highest BCUT2D eigenvalue weighted by Crippen LogP contribution is 2.18. The topological polar surface area (TPSA) is 56.7 Å². The standard InChI is InChI=1S/C13H17ClN4/c1-2-6-18-13(9-16-17-18)12(15)8-10-4-3-5-11(14)7-10/h3-5,7,9,12H,2,6,8,15H2,1H3. The highest BCUT2D eigenvalue weighted by Gasteiger charge is 2.13. The molecule has 1 aromatic heterocycles. The number of benzene rings is 1. The first kappa shape index (κ1) is 13.1. The van der Waals surface area contributed by atoms with Gasteiger partial charge in [-0.05, 0) is 30.5 Å². The summed E-state index contributed by atoms with van der Waals surface area (Å²) in [6.45, 7) is 2.95. The van der Waals surface area contributed by atoms with E-state index in [0.29, 0.717) is 0 Å². The van der Waals surface area contributed by atoms with Crippen molar-refractivity contribution in [3.05, 3.63) is 46.7 Å². The summed E-state index contributed by atoms with van der Waals surface area (Å²) in [6.07, 6.45) is 3.49. The van der Waals surface area contributed by atoms with Crippen molar-refractivity contribution in [3.8, 4) is 0 Å². The van der Waals surface area contributed by atoms with Crippen molar-refractivity contribution < 1.29 is 0 Å². The third-order valence-corrected chi connectivity index (χ3v) is 3.04. The Labute approximate surface area is 112 Å². The zero-order chi connectivity index (χ0) is 13.0. The molecule has 0 fully saturated rings. The molecule has 2 aromatic rings. The second kappa shape index (κ2) is 5.98. The zero-order valence-corrected chi connectivity index (χ0v) is 11.1. The second-order valence-corrected chi connectivity index (χ2v) is 4.76. The van der Waals surface area contributed by atoms with E-state index in [2.05, 4.69) is 17.2 Å². The van der Waals surface area contributed by atoms with E-state index < -0.39 is 0 Å². The van der Waals surface area contributed by atoms with Crippen molar-refractivity contribution >= 4 is 11.6 Å². The van der Waals surface area contributed by atoms with Gasteiger partial charge >= 0.3 is 0 Å². The molecule has 96 valence electrons. The number of hydrogen-bond acceptors (Lipinski definition) is 3. The molecular weight excluding hydrogens is 248 g/mol. The van der Waals surface area contributed by atoms with Gasteiger partial charge in [-0.25, -0.2) is 4.68 Å². The van der Waals surface area contributed by atoms with Crippen LogP contribution in [0, 0.1) is 0 Å². The minimum atomic E-state index is -0.106. The maximum Gasteiger partial charge on any atom is 0.0757 e. The van der Waals surface area contributed by atoms with Gasteiger partial charge in [-0.1, -0.05) is 35.9 Å². The molecule has 2 rings (SSSR count). The van der Waals surface area contributed by atoms with Gasteiger partial charge in [0.1, 0.15) is 0 Å². The smallest absolute Gasteiger partial charge is 0.0757 e. The highest BCUT2D eigenvalue weighted by molar-refractivity contribution is 6.30. The largest absolute Gasteiger partial charge is 0.322 e. The normalized spacial score (nSPS) is 12.6. The van der Waals surface area contributed by atoms with Crippen LogP contribution in [0.1, 0.15) is 30.6 Å². The number of nitrogens with two attached hydrogens (primary N) is 1. The first-order valence-electron chi connectivity index (χ1n) is 6.09. The summed E-state index contributed by atoms with van der Waals surface area (Å²) in [7, 11) is 0. The van der Waals surface area contributed by atoms with Gasteiger partial charge in [0.05, 0.1) is 17.9 Å². The van der Waals surface area contributed by atoms with Gasteiger partial charge in [-0.3, -0.25) is 0 Å². The summed E-state index contributed by atoms with van der Waals surface area (Å²) in [6, 6.07) is 7.66. The summed E-state index contributed by atoms with van der Waals surface area (Å²) in [5, 5.41) is 8.71. The van der Waals surface area contributed by atoms with Gasteiger partial charge in [0.25, 0.3) is 0 Å². The third-order valence-electron chi connectivity index (χ3n) is 2.81. The molecule has 0 spiro atoms. The van der Waals surface area contributed by atoms with E-state index in [4.69, 9.17) is 17.3 Å². The number of aryl methyl sites for hydroxylation is 1. The maximum absolute atomic E-state index is 6.21. The molecule has 1 heterocycles. The van der Waals surface area contributed by atoms with Crippen molar-refractivity contribution in [2.45, 2.75) is 32.4 Å². The first-order valence-corrected chi connectivity index (χ1v) is 6.47. The van der Waals surface area contributed by atoms with Gasteiger partial charge < -0.3 is 5.73 Å². The van der Waals surface area contributed by atoms with Crippen LogP contribution < -0.4 is 5.73 Å². The molecule has 0 bridgehead atoms. The van der Waals surface area contributed by atoms with E-state index in [0.717, 1.165) is 35.7 Å². The quantitative estimate of drug-likeness (QED) is 0.903. The van der Waals surface area contributed by atoms with Crippen LogP contribution in [0.2, 0.25) is 5.02 Å². The van der Waals surface area contributed by atoms with E-state index in [9.17, 15) is 0 Å². The highest BCUT2D eigenvalue weighted by atomic mass is 35.5. The monoisotopic (exact) mass is 264 g/mol. The summed E-state index contributed by atoms with van der Waals surface area (Å²) in [5.41, 5.74) is 8.30. The molecule has 1 unspecified atom stereocenters. The lowest BCUT2D eigenvalue weighted by molar-refractivity contribution is 0.525. The molecule has 4 nitrogen and oxygen atoms in total. The van der Waals surface area contributed by atoms with Crippen LogP contribution in [0.5, 0.6) is 0 Å². The number of halogens is 1. The Hall–Kier alpha value is -1.39. The fraction of sp³-hybridized carbons (Fsp3) is 0.385. The van der Waals surface area contributed by atoms with E-state index in [1.165, 1.54) is 0 Å². The Balaban J connectivity index is 2.11. The molecule has 5 heteroatoms. The van der Waals surface area contributed by atoms with Crippen LogP contribution in [-0.4, -0.2) is 15.0 Å². The molecule has 1 aromatic carbocycles. The maximum atomic E-state index is 6.21. The zero-order valence-electron chi connectivity index (χ0n) is 10.4. The predicted molar refractivity (Wildman–Crippen MR) is 72.4 cm³/mol. The lowest BCUT2D eigenvalue weighted by atomic mass is 10.0. The molecule has 0 radical (unpaired) electrons. The Bertz CT molecular complexity index is 509. The van der Waals surface area contributed by atoms with Crippen molar-refractivity contribution in [3.63, 3.8) is 0 Å². The van der Waals surface area contributed by atoms with Crippen LogP contribution in [0.3, 0.4) is 0 Å². The molecule has 18 heavy (non-hydrogen) atoms. The average Bonchev–Trinajstić information content (AvgIpc) is 2.78. The molecule has 0 aliphatic rings. The second-order valence-electron chi connectivity index (χ2n) is 4.32. The van der Waals surface area contributed by atoms with Crippen molar-refractivity contribution in [2.75, 3.05) is 0 Å². The summed E-state index contributed by atoms with van der Waals surface area (Å²) in [5.74, 6) is 0. The molecule has 0 saturated carbocycles. The Morgan fingerprint density at radius 1 is 1.44 bits per heavy atom. The third kappa shape index (κ3) is 3.09. The van der Waals surface area contributed by atoms with Gasteiger partial charge in [0.15, 0.2) is 0 Å². The molecule has 2 N–H and O–H groups in total. The minimum absolute atomic E-state index is 0.106. The van der Waals surface area contributed by atoms with Gasteiger partial charge in [0.2, 0.25) is 0 Å². The summed E-state index contributed by atoms with van der Waals surface area (Å²) in [4.78, 5) is 0. The Kier molecular flexibility index (Phi) is 4.33. The van der Waals surface area contributed by atoms with Crippen molar-refractivity contribution in [1.29, 1.82) is 0 Å². The Morgan fingerprint density at radius 2 is 2.28 bits per heavy atom. The van der Waals surface area contributed by atoms with Gasteiger partial charge in [-0.2, -0.15) is 0 Å². The summed E-state index contributed by atoms with van der Waals surface area (Å²) >= 11 is 5.96. The number of rotatable bonds is 5. The number of aromatic nitrogens is 3. The van der Waals surface area contributed by atoms with Crippen LogP contribution in [0.25, 0.3) is 0 Å². The molecule has 1 atom stereocenters. The van der Waals surface area contributed by atoms with Crippen molar-refractivity contribution in [2.24, 2.45) is 5.73 Å². The fourth-order valence-corrected chi connectivity index (χ4v) is 2.17. The van der Waals surface area contributed by atoms with Crippen LogP contribution >= 0.6 is 11.6 Å². The molecule has 0 aliphatic carbocycles. The van der Waals surface area contributed by atoms with E-state index in [1.807, 2.05) is 28.9 Å². The lowest BCUT2D eigenvalue weighted by Gasteiger charge is -2.13. The average molecular weight is 265 g/mol. The van der Waals surface area contributed by atoms with Crippen LogP contribution in [0.4, 0.5) is 0 Å². The predicted octanol–water partition coefficient (Wildman–Crippen LogP) is 2.58. The van der Waals surface area contributed by atoms with Crippen LogP contribution in [0.15, 0.2) is 30.5 Å². The van der Waals surface area contributed by atoms with E-state index in [1.54, 1.807) is 6.20 Å². The first-order chi connectivity index (χ1) is 8.70. The SMILES string of the molecule is CCCn1nncc1C(N)Cc1cccc(Cl)c1. The van der Waals surface area contributed by atoms with Crippen LogP contribution in [-0.2, 0) is 13.0 Å². The van der Waals surface area contributed by atoms with Gasteiger partial charge in [-0.15, -0.1) is 5.10 Å². The molecule has 0 aliphatic heterocycles. The van der Waals surface area contributed by atoms with Crippen molar-refractivity contribution in [1.82, 2.24) is 15.0 Å². The molecular formula is C13H17ClN4. The molecule has 0 amide bonds. The minimum Gasteiger partial charge on any atom is -0.322 e. The number of nitrogens with zero attached hydrogens (tertiary/aromatic N) is 3. The summed E-state index contributed by atoms with van der Waals surface area (Å²) < 4.78 is 1.87.